The number of H-pyrrole nitrogens is 1. The molecule has 0 aliphatic carbocycles. The Kier molecular flexibility index (Phi) is 3.32. The van der Waals surface area contributed by atoms with Gasteiger partial charge in [-0.15, -0.1) is 0 Å². The summed E-state index contributed by atoms with van der Waals surface area (Å²) < 4.78 is 0. The molecule has 1 unspecified atom stereocenters. The molecule has 3 heterocycles. The number of rotatable bonds is 2. The quantitative estimate of drug-likeness (QED) is 0.827. The first kappa shape index (κ1) is 12.6. The monoisotopic (exact) mass is 272 g/mol. The van der Waals surface area contributed by atoms with Crippen molar-refractivity contribution in [3.63, 3.8) is 0 Å². The Bertz CT molecular complexity index is 655. The van der Waals surface area contributed by atoms with E-state index in [-0.39, 0.29) is 11.5 Å². The highest BCUT2D eigenvalue weighted by molar-refractivity contribution is 5.42. The van der Waals surface area contributed by atoms with Gasteiger partial charge in [-0.25, -0.2) is 9.97 Å². The lowest BCUT2D eigenvalue weighted by Gasteiger charge is -2.33. The van der Waals surface area contributed by atoms with Crippen LogP contribution in [0.1, 0.15) is 24.5 Å². The third-order valence-corrected chi connectivity index (χ3v) is 3.50. The number of aromatic nitrogens is 4. The van der Waals surface area contributed by atoms with Gasteiger partial charge in [-0.3, -0.25) is 9.78 Å². The van der Waals surface area contributed by atoms with Gasteiger partial charge in [0.15, 0.2) is 0 Å². The van der Waals surface area contributed by atoms with Crippen LogP contribution in [0.5, 0.6) is 0 Å². The first-order valence-electron chi connectivity index (χ1n) is 6.59. The Morgan fingerprint density at radius 2 is 2.30 bits per heavy atom. The van der Waals surface area contributed by atoms with Gasteiger partial charge in [-0.05, 0) is 12.8 Å². The number of hydrogen-bond acceptors (Lipinski definition) is 6. The highest BCUT2D eigenvalue weighted by Gasteiger charge is 2.23. The molecule has 2 aromatic rings. The smallest absolute Gasteiger partial charge is 0.250 e. The summed E-state index contributed by atoms with van der Waals surface area (Å²) in [7, 11) is 0. The first-order valence-corrected chi connectivity index (χ1v) is 6.59. The standard InChI is InChI=1S/C13H16N6O/c14-11-5-15-6-12(18-11)19-3-1-2-9(7-19)10-4-13(20)17-8-16-10/h4-6,8-9H,1-3,7H2,(H2,14,18)(H,16,17,20). The first-order chi connectivity index (χ1) is 9.72. The molecule has 2 aromatic heterocycles. The molecule has 0 aromatic carbocycles. The van der Waals surface area contributed by atoms with E-state index in [2.05, 4.69) is 24.8 Å². The molecule has 1 aliphatic heterocycles. The van der Waals surface area contributed by atoms with Gasteiger partial charge in [0.05, 0.1) is 24.4 Å². The zero-order valence-electron chi connectivity index (χ0n) is 11.0. The maximum Gasteiger partial charge on any atom is 0.250 e. The average molecular weight is 272 g/mol. The van der Waals surface area contributed by atoms with Gasteiger partial charge < -0.3 is 15.6 Å². The summed E-state index contributed by atoms with van der Waals surface area (Å²) in [6.07, 6.45) is 6.74. The molecular formula is C13H16N6O. The molecule has 0 radical (unpaired) electrons. The number of anilines is 2. The molecule has 3 N–H and O–H groups in total. The normalized spacial score (nSPS) is 19.0. The minimum absolute atomic E-state index is 0.115. The predicted molar refractivity (Wildman–Crippen MR) is 75.5 cm³/mol. The van der Waals surface area contributed by atoms with Crippen LogP contribution < -0.4 is 16.2 Å². The van der Waals surface area contributed by atoms with Crippen molar-refractivity contribution in [3.8, 4) is 0 Å². The van der Waals surface area contributed by atoms with Crippen LogP contribution in [0, 0.1) is 0 Å². The molecule has 0 spiro atoms. The highest BCUT2D eigenvalue weighted by atomic mass is 16.1. The van der Waals surface area contributed by atoms with E-state index in [0.717, 1.165) is 37.4 Å². The number of hydrogen-bond donors (Lipinski definition) is 2. The molecule has 1 fully saturated rings. The van der Waals surface area contributed by atoms with E-state index in [4.69, 9.17) is 5.73 Å². The number of aromatic amines is 1. The number of piperidine rings is 1. The zero-order chi connectivity index (χ0) is 13.9. The van der Waals surface area contributed by atoms with Crippen LogP contribution in [0.4, 0.5) is 11.6 Å². The van der Waals surface area contributed by atoms with Crippen LogP contribution in [-0.4, -0.2) is 33.0 Å². The summed E-state index contributed by atoms with van der Waals surface area (Å²) in [5.41, 5.74) is 6.39. The Morgan fingerprint density at radius 3 is 3.10 bits per heavy atom. The molecule has 7 heteroatoms. The third-order valence-electron chi connectivity index (χ3n) is 3.50. The van der Waals surface area contributed by atoms with Crippen LogP contribution in [0.25, 0.3) is 0 Å². The van der Waals surface area contributed by atoms with Gasteiger partial charge >= 0.3 is 0 Å². The molecule has 1 atom stereocenters. The number of nitrogens with one attached hydrogen (secondary N) is 1. The zero-order valence-corrected chi connectivity index (χ0v) is 11.0. The van der Waals surface area contributed by atoms with Crippen molar-refractivity contribution in [2.75, 3.05) is 23.7 Å². The summed E-state index contributed by atoms with van der Waals surface area (Å²) in [4.78, 5) is 28.7. The van der Waals surface area contributed by atoms with E-state index in [1.54, 1.807) is 12.3 Å². The van der Waals surface area contributed by atoms with Gasteiger partial charge in [0.2, 0.25) is 0 Å². The lowest BCUT2D eigenvalue weighted by molar-refractivity contribution is 0.497. The van der Waals surface area contributed by atoms with E-state index >= 15 is 0 Å². The minimum atomic E-state index is -0.115. The molecule has 104 valence electrons. The van der Waals surface area contributed by atoms with Gasteiger partial charge in [0.1, 0.15) is 11.6 Å². The summed E-state index contributed by atoms with van der Waals surface area (Å²) in [5.74, 6) is 1.42. The molecule has 0 amide bonds. The van der Waals surface area contributed by atoms with E-state index in [0.29, 0.717) is 5.82 Å². The van der Waals surface area contributed by atoms with Crippen molar-refractivity contribution in [1.82, 2.24) is 19.9 Å². The summed E-state index contributed by atoms with van der Waals surface area (Å²) in [6.45, 7) is 1.69. The molecule has 3 rings (SSSR count). The minimum Gasteiger partial charge on any atom is -0.382 e. The van der Waals surface area contributed by atoms with Gasteiger partial charge in [0, 0.05) is 25.1 Å². The molecule has 7 nitrogen and oxygen atoms in total. The fourth-order valence-corrected chi connectivity index (χ4v) is 2.56. The fraction of sp³-hybridized carbons (Fsp3) is 0.385. The van der Waals surface area contributed by atoms with E-state index < -0.39 is 0 Å². The van der Waals surface area contributed by atoms with Crippen LogP contribution >= 0.6 is 0 Å². The Hall–Kier alpha value is -2.44. The van der Waals surface area contributed by atoms with Crippen molar-refractivity contribution in [3.05, 3.63) is 40.8 Å². The summed E-state index contributed by atoms with van der Waals surface area (Å²) in [5, 5.41) is 0. The van der Waals surface area contributed by atoms with Crippen molar-refractivity contribution in [1.29, 1.82) is 0 Å². The largest absolute Gasteiger partial charge is 0.382 e. The van der Waals surface area contributed by atoms with Crippen LogP contribution in [0.3, 0.4) is 0 Å². The second-order valence-corrected chi connectivity index (χ2v) is 4.92. The van der Waals surface area contributed by atoms with Crippen molar-refractivity contribution in [2.45, 2.75) is 18.8 Å². The number of nitrogens with zero attached hydrogens (tertiary/aromatic N) is 4. The topological polar surface area (TPSA) is 101 Å². The van der Waals surface area contributed by atoms with Gasteiger partial charge in [-0.1, -0.05) is 0 Å². The highest BCUT2D eigenvalue weighted by Crippen LogP contribution is 2.27. The lowest BCUT2D eigenvalue weighted by atomic mass is 9.94. The van der Waals surface area contributed by atoms with Crippen LogP contribution in [-0.2, 0) is 0 Å². The SMILES string of the molecule is Nc1cncc(N2CCCC(c3cc(=O)[nH]cn3)C2)n1. The van der Waals surface area contributed by atoms with Gasteiger partial charge in [-0.2, -0.15) is 0 Å². The lowest BCUT2D eigenvalue weighted by Crippen LogP contribution is -2.35. The maximum atomic E-state index is 11.4. The molecular weight excluding hydrogens is 256 g/mol. The summed E-state index contributed by atoms with van der Waals surface area (Å²) in [6, 6.07) is 1.57. The van der Waals surface area contributed by atoms with Crippen molar-refractivity contribution < 1.29 is 0 Å². The van der Waals surface area contributed by atoms with Gasteiger partial charge in [0.25, 0.3) is 5.56 Å². The van der Waals surface area contributed by atoms with Crippen LogP contribution in [0.2, 0.25) is 0 Å². The predicted octanol–water partition coefficient (Wildman–Crippen LogP) is 0.526. The Balaban J connectivity index is 1.81. The Morgan fingerprint density at radius 1 is 1.40 bits per heavy atom. The average Bonchev–Trinajstić information content (AvgIpc) is 2.47. The molecule has 1 aliphatic rings. The number of nitrogens with two attached hydrogens (primary N) is 1. The van der Waals surface area contributed by atoms with Crippen molar-refractivity contribution >= 4 is 11.6 Å². The maximum absolute atomic E-state index is 11.4. The van der Waals surface area contributed by atoms with E-state index in [9.17, 15) is 4.79 Å². The molecule has 20 heavy (non-hydrogen) atoms. The second kappa shape index (κ2) is 5.28. The Labute approximate surface area is 115 Å². The summed E-state index contributed by atoms with van der Waals surface area (Å²) >= 11 is 0. The third kappa shape index (κ3) is 2.61. The molecule has 0 saturated carbocycles. The number of nitrogen functional groups attached to an aromatic ring is 1. The van der Waals surface area contributed by atoms with Crippen LogP contribution in [0.15, 0.2) is 29.6 Å². The second-order valence-electron chi connectivity index (χ2n) is 4.92. The van der Waals surface area contributed by atoms with Crippen molar-refractivity contribution in [2.24, 2.45) is 0 Å². The van der Waals surface area contributed by atoms with E-state index in [1.807, 2.05) is 0 Å². The molecule has 0 bridgehead atoms. The van der Waals surface area contributed by atoms with E-state index in [1.165, 1.54) is 12.5 Å². The molecule has 1 saturated heterocycles. The fourth-order valence-electron chi connectivity index (χ4n) is 2.56.